The molecule has 0 heterocycles. The predicted octanol–water partition coefficient (Wildman–Crippen LogP) is -0.0566. The molecule has 0 radical (unpaired) electrons. The fourth-order valence-corrected chi connectivity index (χ4v) is 1.54. The van der Waals surface area contributed by atoms with E-state index < -0.39 is 11.8 Å². The Morgan fingerprint density at radius 3 is 2.33 bits per heavy atom. The second kappa shape index (κ2) is 7.88. The molecule has 0 bridgehead atoms. The maximum Gasteiger partial charge on any atom is 0.313 e. The van der Waals surface area contributed by atoms with Crippen molar-refractivity contribution in [3.05, 3.63) is 24.3 Å². The molecule has 0 saturated carbocycles. The third-order valence-corrected chi connectivity index (χ3v) is 2.61. The van der Waals surface area contributed by atoms with E-state index in [1.807, 2.05) is 25.1 Å². The molecule has 0 aliphatic rings. The fraction of sp³-hybridized carbons (Fsp3) is 0.357. The van der Waals surface area contributed by atoms with E-state index in [0.717, 1.165) is 5.69 Å². The number of rotatable bonds is 5. The lowest BCUT2D eigenvalue weighted by Gasteiger charge is -2.14. The van der Waals surface area contributed by atoms with Gasteiger partial charge in [-0.15, -0.1) is 0 Å². The van der Waals surface area contributed by atoms with Gasteiger partial charge in [-0.2, -0.15) is 0 Å². The molecular weight excluding hydrogens is 272 g/mol. The zero-order valence-corrected chi connectivity index (χ0v) is 12.4. The molecule has 0 aliphatic carbocycles. The Labute approximate surface area is 123 Å². The van der Waals surface area contributed by atoms with Crippen molar-refractivity contribution in [3.63, 3.8) is 0 Å². The Bertz CT molecular complexity index is 529. The van der Waals surface area contributed by atoms with Crippen molar-refractivity contribution in [1.82, 2.24) is 10.6 Å². The molecule has 3 amide bonds. The second-order valence-corrected chi connectivity index (χ2v) is 4.64. The van der Waals surface area contributed by atoms with Crippen molar-refractivity contribution in [2.24, 2.45) is 0 Å². The van der Waals surface area contributed by atoms with Gasteiger partial charge in [0, 0.05) is 45.5 Å². The van der Waals surface area contributed by atoms with E-state index in [1.54, 1.807) is 18.2 Å². The van der Waals surface area contributed by atoms with Crippen molar-refractivity contribution in [2.75, 3.05) is 37.4 Å². The summed E-state index contributed by atoms with van der Waals surface area (Å²) >= 11 is 0. The molecule has 3 N–H and O–H groups in total. The van der Waals surface area contributed by atoms with Gasteiger partial charge in [0.25, 0.3) is 0 Å². The van der Waals surface area contributed by atoms with Gasteiger partial charge in [-0.3, -0.25) is 14.4 Å². The van der Waals surface area contributed by atoms with Crippen LogP contribution in [0.5, 0.6) is 0 Å². The van der Waals surface area contributed by atoms with Crippen LogP contribution in [0, 0.1) is 0 Å². The molecule has 0 spiro atoms. The highest BCUT2D eigenvalue weighted by Gasteiger charge is 2.13. The zero-order chi connectivity index (χ0) is 15.8. The van der Waals surface area contributed by atoms with E-state index in [2.05, 4.69) is 16.0 Å². The minimum absolute atomic E-state index is 0.186. The van der Waals surface area contributed by atoms with E-state index in [9.17, 15) is 14.4 Å². The number of hydrogen-bond acceptors (Lipinski definition) is 4. The molecule has 114 valence electrons. The van der Waals surface area contributed by atoms with Crippen LogP contribution in [0.25, 0.3) is 0 Å². The lowest BCUT2D eigenvalue weighted by molar-refractivity contribution is -0.136. The van der Waals surface area contributed by atoms with Crippen LogP contribution in [0.4, 0.5) is 11.4 Å². The number of hydrogen-bond donors (Lipinski definition) is 3. The molecule has 7 heteroatoms. The summed E-state index contributed by atoms with van der Waals surface area (Å²) in [7, 11) is 3.77. The minimum atomic E-state index is -0.742. The Hall–Kier alpha value is -2.57. The SMILES string of the molecule is CC(=O)NCCNC(=O)C(=O)Nc1cccc(N(C)C)c1. The highest BCUT2D eigenvalue weighted by atomic mass is 16.2. The molecule has 0 fully saturated rings. The Morgan fingerprint density at radius 1 is 1.05 bits per heavy atom. The van der Waals surface area contributed by atoms with Crippen LogP contribution in [0.2, 0.25) is 0 Å². The van der Waals surface area contributed by atoms with E-state index in [-0.39, 0.29) is 19.0 Å². The normalized spacial score (nSPS) is 9.67. The van der Waals surface area contributed by atoms with Gasteiger partial charge in [0.2, 0.25) is 5.91 Å². The van der Waals surface area contributed by atoms with E-state index in [4.69, 9.17) is 0 Å². The minimum Gasteiger partial charge on any atom is -0.378 e. The molecule has 0 atom stereocenters. The monoisotopic (exact) mass is 292 g/mol. The number of anilines is 2. The highest BCUT2D eigenvalue weighted by Crippen LogP contribution is 2.16. The number of carbonyl (C=O) groups excluding carboxylic acids is 3. The summed E-state index contributed by atoms with van der Waals surface area (Å²) in [4.78, 5) is 35.8. The van der Waals surface area contributed by atoms with Crippen molar-refractivity contribution < 1.29 is 14.4 Å². The zero-order valence-electron chi connectivity index (χ0n) is 12.4. The molecule has 0 aromatic heterocycles. The van der Waals surface area contributed by atoms with Gasteiger partial charge in [0.05, 0.1) is 0 Å². The molecule has 0 unspecified atom stereocenters. The smallest absolute Gasteiger partial charge is 0.313 e. The van der Waals surface area contributed by atoms with Gasteiger partial charge >= 0.3 is 11.8 Å². The van der Waals surface area contributed by atoms with Gasteiger partial charge in [0.1, 0.15) is 0 Å². The average molecular weight is 292 g/mol. The van der Waals surface area contributed by atoms with Crippen molar-refractivity contribution in [3.8, 4) is 0 Å². The molecule has 0 aliphatic heterocycles. The number of nitrogens with zero attached hydrogens (tertiary/aromatic N) is 1. The van der Waals surface area contributed by atoms with Gasteiger partial charge in [0.15, 0.2) is 0 Å². The first-order chi connectivity index (χ1) is 9.90. The molecular formula is C14H20N4O3. The van der Waals surface area contributed by atoms with Crippen LogP contribution in [0.15, 0.2) is 24.3 Å². The van der Waals surface area contributed by atoms with Crippen molar-refractivity contribution >= 4 is 29.1 Å². The van der Waals surface area contributed by atoms with Crippen LogP contribution >= 0.6 is 0 Å². The third kappa shape index (κ3) is 5.94. The summed E-state index contributed by atoms with van der Waals surface area (Å²) in [5.41, 5.74) is 1.46. The fourth-order valence-electron chi connectivity index (χ4n) is 1.54. The first kappa shape index (κ1) is 16.5. The van der Waals surface area contributed by atoms with Crippen LogP contribution in [0.1, 0.15) is 6.92 Å². The van der Waals surface area contributed by atoms with Gasteiger partial charge in [-0.1, -0.05) is 6.07 Å². The van der Waals surface area contributed by atoms with E-state index in [0.29, 0.717) is 5.69 Å². The van der Waals surface area contributed by atoms with Crippen LogP contribution < -0.4 is 20.9 Å². The number of benzene rings is 1. The summed E-state index contributed by atoms with van der Waals surface area (Å²) in [6.07, 6.45) is 0. The first-order valence-electron chi connectivity index (χ1n) is 6.51. The van der Waals surface area contributed by atoms with Crippen LogP contribution in [0.3, 0.4) is 0 Å². The lowest BCUT2D eigenvalue weighted by atomic mass is 10.2. The number of amides is 3. The molecule has 21 heavy (non-hydrogen) atoms. The molecule has 0 saturated heterocycles. The Morgan fingerprint density at radius 2 is 1.71 bits per heavy atom. The Kier molecular flexibility index (Phi) is 6.19. The van der Waals surface area contributed by atoms with Gasteiger partial charge < -0.3 is 20.9 Å². The Balaban J connectivity index is 2.47. The predicted molar refractivity (Wildman–Crippen MR) is 81.1 cm³/mol. The average Bonchev–Trinajstić information content (AvgIpc) is 2.43. The topological polar surface area (TPSA) is 90.5 Å². The lowest BCUT2D eigenvalue weighted by Crippen LogP contribution is -2.39. The second-order valence-electron chi connectivity index (χ2n) is 4.64. The molecule has 1 rings (SSSR count). The summed E-state index contributed by atoms with van der Waals surface area (Å²) < 4.78 is 0. The number of nitrogens with one attached hydrogen (secondary N) is 3. The first-order valence-corrected chi connectivity index (χ1v) is 6.51. The third-order valence-electron chi connectivity index (χ3n) is 2.61. The quantitative estimate of drug-likeness (QED) is 0.524. The maximum atomic E-state index is 11.7. The maximum absolute atomic E-state index is 11.7. The standard InChI is InChI=1S/C14H20N4O3/c1-10(19)15-7-8-16-13(20)14(21)17-11-5-4-6-12(9-11)18(2)3/h4-6,9H,7-8H2,1-3H3,(H,15,19)(H,16,20)(H,17,21). The largest absolute Gasteiger partial charge is 0.378 e. The summed E-state index contributed by atoms with van der Waals surface area (Å²) in [5, 5.41) is 7.46. The van der Waals surface area contributed by atoms with Crippen molar-refractivity contribution in [2.45, 2.75) is 6.92 Å². The molecule has 1 aromatic rings. The highest BCUT2D eigenvalue weighted by molar-refractivity contribution is 6.39. The number of carbonyl (C=O) groups is 3. The summed E-state index contributed by atoms with van der Waals surface area (Å²) in [5.74, 6) is -1.67. The van der Waals surface area contributed by atoms with Crippen molar-refractivity contribution in [1.29, 1.82) is 0 Å². The van der Waals surface area contributed by atoms with Gasteiger partial charge in [-0.25, -0.2) is 0 Å². The molecule has 7 nitrogen and oxygen atoms in total. The van der Waals surface area contributed by atoms with Crippen LogP contribution in [-0.4, -0.2) is 44.9 Å². The van der Waals surface area contributed by atoms with Gasteiger partial charge in [-0.05, 0) is 18.2 Å². The van der Waals surface area contributed by atoms with Crippen LogP contribution in [-0.2, 0) is 14.4 Å². The summed E-state index contributed by atoms with van der Waals surface area (Å²) in [6, 6.07) is 7.15. The van der Waals surface area contributed by atoms with E-state index >= 15 is 0 Å². The summed E-state index contributed by atoms with van der Waals surface area (Å²) in [6.45, 7) is 1.86. The van der Waals surface area contributed by atoms with E-state index in [1.165, 1.54) is 6.92 Å². The molecule has 1 aromatic carbocycles.